The Hall–Kier alpha value is -6.25. The van der Waals surface area contributed by atoms with Crippen LogP contribution in [0.15, 0.2) is 175 Å². The lowest BCUT2D eigenvalue weighted by atomic mass is 9.67. The molecule has 1 aliphatic heterocycles. The van der Waals surface area contributed by atoms with Crippen LogP contribution >= 0.6 is 0 Å². The summed E-state index contributed by atoms with van der Waals surface area (Å²) in [6.07, 6.45) is 8.73. The first kappa shape index (κ1) is 34.0. The number of amidine groups is 1. The molecule has 1 N–H and O–H groups in total. The van der Waals surface area contributed by atoms with Gasteiger partial charge < -0.3 is 5.32 Å². The second kappa shape index (κ2) is 13.2. The van der Waals surface area contributed by atoms with Gasteiger partial charge in [-0.15, -0.1) is 0 Å². The third-order valence-electron chi connectivity index (χ3n) is 13.5. The Balaban J connectivity index is 0.927. The maximum atomic E-state index is 5.22. The van der Waals surface area contributed by atoms with Gasteiger partial charge in [-0.3, -0.25) is 4.99 Å². The van der Waals surface area contributed by atoms with E-state index in [-0.39, 0.29) is 16.9 Å². The molecule has 276 valence electrons. The zero-order chi connectivity index (χ0) is 38.1. The number of nitrogens with one attached hydrogen (secondary N) is 1. The number of hydrogen-bond acceptors (Lipinski definition) is 2. The van der Waals surface area contributed by atoms with Crippen LogP contribution in [0, 0.1) is 0 Å². The normalized spacial score (nSPS) is 18.1. The van der Waals surface area contributed by atoms with Crippen LogP contribution < -0.4 is 5.32 Å². The summed E-state index contributed by atoms with van der Waals surface area (Å²) in [4.78, 5) is 5.22. The predicted molar refractivity (Wildman–Crippen MR) is 237 cm³/mol. The number of fused-ring (bicyclic) bond motifs is 8. The van der Waals surface area contributed by atoms with Crippen molar-refractivity contribution in [3.8, 4) is 44.5 Å². The largest absolute Gasteiger partial charge is 0.340 e. The number of rotatable bonds is 5. The Labute approximate surface area is 336 Å². The summed E-state index contributed by atoms with van der Waals surface area (Å²) in [5, 5.41) is 3.62. The van der Waals surface area contributed by atoms with Crippen molar-refractivity contribution in [3.05, 3.63) is 209 Å². The van der Waals surface area contributed by atoms with E-state index in [0.717, 1.165) is 22.7 Å². The first-order valence-electron chi connectivity index (χ1n) is 20.8. The molecular weight excluding hydrogens is 689 g/mol. The summed E-state index contributed by atoms with van der Waals surface area (Å²) in [7, 11) is 0. The summed E-state index contributed by atoms with van der Waals surface area (Å²) >= 11 is 0. The minimum atomic E-state index is -0.113. The smallest absolute Gasteiger partial charge is 0.133 e. The van der Waals surface area contributed by atoms with Gasteiger partial charge in [0.15, 0.2) is 0 Å². The molecule has 7 aromatic carbocycles. The molecule has 4 aliphatic rings. The van der Waals surface area contributed by atoms with Gasteiger partial charge in [0.1, 0.15) is 5.84 Å². The van der Waals surface area contributed by atoms with E-state index in [9.17, 15) is 0 Å². The average molecular weight is 735 g/mol. The summed E-state index contributed by atoms with van der Waals surface area (Å²) in [6, 6.07) is 60.6. The first-order valence-corrected chi connectivity index (χ1v) is 20.8. The van der Waals surface area contributed by atoms with Crippen LogP contribution in [0.25, 0.3) is 50.2 Å². The standard InChI is InChI=1S/C55H46N2/c1-54(2)47-28-27-41(32-44(47)46-34-50-45(33-49(46)54)43-21-10-11-22-48(43)55(50)29-12-5-13-30-55)37-25-23-36(24-26-37)40-19-14-20-42(31-40)52-35-51(38-15-6-3-7-16-38)56-53(57-52)39-17-8-4-9-18-39/h3-4,6-11,14-28,31-35,52H,5,12-13,29-30H2,1-2H3,(H,56,57). The van der Waals surface area contributed by atoms with Gasteiger partial charge in [0.05, 0.1) is 6.04 Å². The maximum Gasteiger partial charge on any atom is 0.133 e. The summed E-state index contributed by atoms with van der Waals surface area (Å²) < 4.78 is 0. The molecule has 1 heterocycles. The van der Waals surface area contributed by atoms with Crippen LogP contribution in [0.1, 0.15) is 90.9 Å². The number of nitrogens with zero attached hydrogens (tertiary/aromatic N) is 1. The highest BCUT2D eigenvalue weighted by molar-refractivity contribution is 6.05. The molecule has 11 rings (SSSR count). The lowest BCUT2D eigenvalue weighted by molar-refractivity contribution is 0.353. The van der Waals surface area contributed by atoms with Gasteiger partial charge in [-0.05, 0) is 121 Å². The molecule has 3 aliphatic carbocycles. The van der Waals surface area contributed by atoms with E-state index in [2.05, 4.69) is 183 Å². The summed E-state index contributed by atoms with van der Waals surface area (Å²) in [5.41, 5.74) is 21.3. The zero-order valence-electron chi connectivity index (χ0n) is 32.7. The molecule has 2 nitrogen and oxygen atoms in total. The zero-order valence-corrected chi connectivity index (χ0v) is 32.7. The van der Waals surface area contributed by atoms with Crippen molar-refractivity contribution in [2.75, 3.05) is 0 Å². The lowest BCUT2D eigenvalue weighted by Gasteiger charge is -2.36. The van der Waals surface area contributed by atoms with Gasteiger partial charge in [-0.2, -0.15) is 0 Å². The van der Waals surface area contributed by atoms with Crippen molar-refractivity contribution in [3.63, 3.8) is 0 Å². The van der Waals surface area contributed by atoms with E-state index in [4.69, 9.17) is 4.99 Å². The van der Waals surface area contributed by atoms with Crippen LogP contribution in [0.5, 0.6) is 0 Å². The number of benzene rings is 7. The molecule has 7 aromatic rings. The maximum absolute atomic E-state index is 5.22. The van der Waals surface area contributed by atoms with E-state index in [1.165, 1.54) is 93.3 Å². The second-order valence-corrected chi connectivity index (χ2v) is 17.1. The molecule has 1 atom stereocenters. The molecule has 0 amide bonds. The van der Waals surface area contributed by atoms with Crippen LogP contribution in [0.3, 0.4) is 0 Å². The van der Waals surface area contributed by atoms with Gasteiger partial charge in [0.25, 0.3) is 0 Å². The molecule has 0 aromatic heterocycles. The van der Waals surface area contributed by atoms with Crippen molar-refractivity contribution in [1.29, 1.82) is 0 Å². The molecular formula is C55H46N2. The van der Waals surface area contributed by atoms with Gasteiger partial charge in [-0.1, -0.05) is 173 Å². The quantitative estimate of drug-likeness (QED) is 0.187. The van der Waals surface area contributed by atoms with E-state index in [0.29, 0.717) is 0 Å². The molecule has 0 bridgehead atoms. The summed E-state index contributed by atoms with van der Waals surface area (Å²) in [5.74, 6) is 0.889. The molecule has 1 spiro atoms. The summed E-state index contributed by atoms with van der Waals surface area (Å²) in [6.45, 7) is 4.83. The van der Waals surface area contributed by atoms with E-state index in [1.54, 1.807) is 11.1 Å². The van der Waals surface area contributed by atoms with Crippen molar-refractivity contribution in [1.82, 2.24) is 5.32 Å². The van der Waals surface area contributed by atoms with Gasteiger partial charge in [0, 0.05) is 22.1 Å². The van der Waals surface area contributed by atoms with Gasteiger partial charge in [-0.25, -0.2) is 0 Å². The fourth-order valence-corrected chi connectivity index (χ4v) is 10.6. The molecule has 57 heavy (non-hydrogen) atoms. The van der Waals surface area contributed by atoms with E-state index >= 15 is 0 Å². The van der Waals surface area contributed by atoms with Gasteiger partial charge >= 0.3 is 0 Å². The predicted octanol–water partition coefficient (Wildman–Crippen LogP) is 13.7. The van der Waals surface area contributed by atoms with Crippen molar-refractivity contribution < 1.29 is 0 Å². The highest BCUT2D eigenvalue weighted by atomic mass is 15.0. The lowest BCUT2D eigenvalue weighted by Crippen LogP contribution is -2.28. The average Bonchev–Trinajstić information content (AvgIpc) is 3.66. The number of hydrogen-bond donors (Lipinski definition) is 1. The Kier molecular flexibility index (Phi) is 7.86. The molecule has 1 fully saturated rings. The SMILES string of the molecule is CC1(C)c2ccc(-c3ccc(-c4cccc(C5C=C(c6ccccc6)NC(c6ccccc6)=N5)c4)cc3)cc2-c2cc3c(cc21)-c1ccccc1C31CCCCC1. The van der Waals surface area contributed by atoms with Crippen molar-refractivity contribution in [2.24, 2.45) is 4.99 Å². The highest BCUT2D eigenvalue weighted by Gasteiger charge is 2.46. The molecule has 1 saturated carbocycles. The molecule has 2 heteroatoms. The third-order valence-corrected chi connectivity index (χ3v) is 13.5. The minimum absolute atomic E-state index is 0.0539. The van der Waals surface area contributed by atoms with Crippen LogP contribution in [0.2, 0.25) is 0 Å². The Morgan fingerprint density at radius 2 is 1.05 bits per heavy atom. The topological polar surface area (TPSA) is 24.4 Å². The molecule has 0 saturated heterocycles. The van der Waals surface area contributed by atoms with Crippen LogP contribution in [-0.2, 0) is 10.8 Å². The first-order chi connectivity index (χ1) is 28.0. The molecule has 0 radical (unpaired) electrons. The monoisotopic (exact) mass is 734 g/mol. The third kappa shape index (κ3) is 5.49. The Morgan fingerprint density at radius 3 is 1.81 bits per heavy atom. The van der Waals surface area contributed by atoms with Crippen molar-refractivity contribution >= 4 is 11.5 Å². The van der Waals surface area contributed by atoms with Gasteiger partial charge in [0.2, 0.25) is 0 Å². The van der Waals surface area contributed by atoms with Crippen LogP contribution in [-0.4, -0.2) is 5.84 Å². The van der Waals surface area contributed by atoms with E-state index in [1.807, 2.05) is 6.07 Å². The Morgan fingerprint density at radius 1 is 0.456 bits per heavy atom. The highest BCUT2D eigenvalue weighted by Crippen LogP contribution is 2.60. The van der Waals surface area contributed by atoms with Crippen LogP contribution in [0.4, 0.5) is 0 Å². The van der Waals surface area contributed by atoms with E-state index < -0.39 is 0 Å². The fourth-order valence-electron chi connectivity index (χ4n) is 10.6. The molecule has 1 unspecified atom stereocenters. The Bertz CT molecular complexity index is 2690. The van der Waals surface area contributed by atoms with Crippen molar-refractivity contribution in [2.45, 2.75) is 62.8 Å². The number of aliphatic imine (C=N–C) groups is 1. The second-order valence-electron chi connectivity index (χ2n) is 17.1. The fraction of sp³-hybridized carbons (Fsp3) is 0.182. The minimum Gasteiger partial charge on any atom is -0.340 e.